The fourth-order valence-corrected chi connectivity index (χ4v) is 2.39. The molecule has 0 aromatic carbocycles. The number of aromatic nitrogens is 2. The van der Waals surface area contributed by atoms with Gasteiger partial charge < -0.3 is 4.90 Å². The highest BCUT2D eigenvalue weighted by atomic mass is 35.5. The van der Waals surface area contributed by atoms with Crippen molar-refractivity contribution in [2.75, 3.05) is 18.0 Å². The van der Waals surface area contributed by atoms with Crippen LogP contribution in [0.25, 0.3) is 0 Å². The molecule has 1 aromatic rings. The topological polar surface area (TPSA) is 29.0 Å². The number of rotatable bonds is 3. The first-order valence-corrected chi connectivity index (χ1v) is 6.85. The molecule has 0 radical (unpaired) electrons. The standard InChI is InChI=1S/C13H20ClN3/c1-3-4-11-9-12(14)16-13(15-11)17-7-5-10(2)6-8-17/h9-10H,3-8H2,1-2H3. The molecule has 0 N–H and O–H groups in total. The molecule has 1 aliphatic rings. The van der Waals surface area contributed by atoms with Crippen molar-refractivity contribution in [1.82, 2.24) is 9.97 Å². The number of anilines is 1. The monoisotopic (exact) mass is 253 g/mol. The molecule has 0 atom stereocenters. The second-order valence-electron chi connectivity index (χ2n) is 4.90. The van der Waals surface area contributed by atoms with Gasteiger partial charge in [-0.3, -0.25) is 0 Å². The third-order valence-electron chi connectivity index (χ3n) is 3.31. The summed E-state index contributed by atoms with van der Waals surface area (Å²) >= 11 is 6.06. The van der Waals surface area contributed by atoms with Gasteiger partial charge in [0.15, 0.2) is 0 Å². The van der Waals surface area contributed by atoms with E-state index < -0.39 is 0 Å². The number of nitrogens with zero attached hydrogens (tertiary/aromatic N) is 3. The maximum atomic E-state index is 6.06. The first kappa shape index (κ1) is 12.6. The molecular weight excluding hydrogens is 234 g/mol. The predicted molar refractivity (Wildman–Crippen MR) is 71.6 cm³/mol. The van der Waals surface area contributed by atoms with Crippen LogP contribution in [0.5, 0.6) is 0 Å². The molecule has 0 aliphatic carbocycles. The largest absolute Gasteiger partial charge is 0.341 e. The summed E-state index contributed by atoms with van der Waals surface area (Å²) in [7, 11) is 0. The SMILES string of the molecule is CCCc1cc(Cl)nc(N2CCC(C)CC2)n1. The molecule has 3 nitrogen and oxygen atoms in total. The number of aryl methyl sites for hydroxylation is 1. The summed E-state index contributed by atoms with van der Waals surface area (Å²) in [5, 5.41) is 0.567. The van der Waals surface area contributed by atoms with Crippen LogP contribution in [0.15, 0.2) is 6.07 Å². The molecule has 1 aliphatic heterocycles. The van der Waals surface area contributed by atoms with Gasteiger partial charge in [-0.1, -0.05) is 31.9 Å². The van der Waals surface area contributed by atoms with Crippen LogP contribution in [0.3, 0.4) is 0 Å². The van der Waals surface area contributed by atoms with E-state index in [9.17, 15) is 0 Å². The highest BCUT2D eigenvalue weighted by Crippen LogP contribution is 2.22. The van der Waals surface area contributed by atoms with Crippen molar-refractivity contribution < 1.29 is 0 Å². The average Bonchev–Trinajstić information content (AvgIpc) is 2.29. The van der Waals surface area contributed by atoms with E-state index in [-0.39, 0.29) is 0 Å². The molecule has 0 bridgehead atoms. The molecule has 1 saturated heterocycles. The Morgan fingerprint density at radius 1 is 1.35 bits per heavy atom. The molecule has 0 unspecified atom stereocenters. The van der Waals surface area contributed by atoms with Crippen LogP contribution in [-0.4, -0.2) is 23.1 Å². The summed E-state index contributed by atoms with van der Waals surface area (Å²) in [6, 6.07) is 1.88. The first-order chi connectivity index (χ1) is 8.19. The number of piperidine rings is 1. The van der Waals surface area contributed by atoms with E-state index in [1.807, 2.05) is 6.07 Å². The van der Waals surface area contributed by atoms with Crippen LogP contribution in [0, 0.1) is 5.92 Å². The van der Waals surface area contributed by atoms with Gasteiger partial charge in [-0.15, -0.1) is 0 Å². The van der Waals surface area contributed by atoms with Gasteiger partial charge in [-0.2, -0.15) is 0 Å². The van der Waals surface area contributed by atoms with Gasteiger partial charge in [0, 0.05) is 18.8 Å². The van der Waals surface area contributed by atoms with Crippen LogP contribution in [-0.2, 0) is 6.42 Å². The Morgan fingerprint density at radius 2 is 2.06 bits per heavy atom. The lowest BCUT2D eigenvalue weighted by molar-refractivity contribution is 0.434. The number of hydrogen-bond acceptors (Lipinski definition) is 3. The molecule has 94 valence electrons. The molecule has 4 heteroatoms. The lowest BCUT2D eigenvalue weighted by Gasteiger charge is -2.30. The normalized spacial score (nSPS) is 17.5. The van der Waals surface area contributed by atoms with Crippen molar-refractivity contribution in [3.8, 4) is 0 Å². The van der Waals surface area contributed by atoms with Crippen LogP contribution in [0.1, 0.15) is 38.8 Å². The second-order valence-corrected chi connectivity index (χ2v) is 5.29. The summed E-state index contributed by atoms with van der Waals surface area (Å²) in [6.45, 7) is 6.55. The van der Waals surface area contributed by atoms with E-state index in [1.165, 1.54) is 12.8 Å². The van der Waals surface area contributed by atoms with Crippen LogP contribution >= 0.6 is 11.6 Å². The van der Waals surface area contributed by atoms with E-state index in [4.69, 9.17) is 11.6 Å². The average molecular weight is 254 g/mol. The molecule has 17 heavy (non-hydrogen) atoms. The fourth-order valence-electron chi connectivity index (χ4n) is 2.19. The Balaban J connectivity index is 2.14. The summed E-state index contributed by atoms with van der Waals surface area (Å²) in [6.07, 6.45) is 4.50. The smallest absolute Gasteiger partial charge is 0.226 e. The van der Waals surface area contributed by atoms with Gasteiger partial charge in [0.1, 0.15) is 5.15 Å². The lowest BCUT2D eigenvalue weighted by Crippen LogP contribution is -2.34. The zero-order chi connectivity index (χ0) is 12.3. The van der Waals surface area contributed by atoms with Crippen molar-refractivity contribution in [1.29, 1.82) is 0 Å². The zero-order valence-corrected chi connectivity index (χ0v) is 11.4. The maximum Gasteiger partial charge on any atom is 0.226 e. The van der Waals surface area contributed by atoms with Crippen LogP contribution in [0.2, 0.25) is 5.15 Å². The molecule has 0 saturated carbocycles. The van der Waals surface area contributed by atoms with Crippen molar-refractivity contribution in [3.05, 3.63) is 16.9 Å². The van der Waals surface area contributed by atoms with E-state index >= 15 is 0 Å². The summed E-state index contributed by atoms with van der Waals surface area (Å²) in [4.78, 5) is 11.2. The van der Waals surface area contributed by atoms with Gasteiger partial charge in [0.25, 0.3) is 0 Å². The zero-order valence-electron chi connectivity index (χ0n) is 10.6. The van der Waals surface area contributed by atoms with Crippen molar-refractivity contribution in [2.45, 2.75) is 39.5 Å². The second kappa shape index (κ2) is 5.67. The van der Waals surface area contributed by atoms with Crippen molar-refractivity contribution in [3.63, 3.8) is 0 Å². The maximum absolute atomic E-state index is 6.06. The molecule has 2 heterocycles. The minimum Gasteiger partial charge on any atom is -0.341 e. The number of hydrogen-bond donors (Lipinski definition) is 0. The van der Waals surface area contributed by atoms with Crippen molar-refractivity contribution >= 4 is 17.5 Å². The third-order valence-corrected chi connectivity index (χ3v) is 3.50. The lowest BCUT2D eigenvalue weighted by atomic mass is 10.00. The molecule has 2 rings (SSSR count). The minimum atomic E-state index is 0.567. The highest BCUT2D eigenvalue weighted by Gasteiger charge is 2.18. The van der Waals surface area contributed by atoms with Crippen LogP contribution in [0.4, 0.5) is 5.95 Å². The van der Waals surface area contributed by atoms with Gasteiger partial charge in [0.05, 0.1) is 0 Å². The molecule has 0 spiro atoms. The van der Waals surface area contributed by atoms with E-state index in [1.54, 1.807) is 0 Å². The third kappa shape index (κ3) is 3.32. The van der Waals surface area contributed by atoms with E-state index in [0.29, 0.717) is 5.15 Å². The molecule has 1 aromatic heterocycles. The molecule has 1 fully saturated rings. The minimum absolute atomic E-state index is 0.567. The molecular formula is C13H20ClN3. The van der Waals surface area contributed by atoms with E-state index in [2.05, 4.69) is 28.7 Å². The Morgan fingerprint density at radius 3 is 2.71 bits per heavy atom. The van der Waals surface area contributed by atoms with E-state index in [0.717, 1.165) is 43.5 Å². The summed E-state index contributed by atoms with van der Waals surface area (Å²) < 4.78 is 0. The first-order valence-electron chi connectivity index (χ1n) is 6.47. The fraction of sp³-hybridized carbons (Fsp3) is 0.692. The Hall–Kier alpha value is -0.830. The molecule has 0 amide bonds. The summed E-state index contributed by atoms with van der Waals surface area (Å²) in [5.74, 6) is 1.63. The Kier molecular flexibility index (Phi) is 4.21. The van der Waals surface area contributed by atoms with Crippen molar-refractivity contribution in [2.24, 2.45) is 5.92 Å². The predicted octanol–water partition coefficient (Wildman–Crippen LogP) is 3.32. The van der Waals surface area contributed by atoms with Gasteiger partial charge in [-0.05, 0) is 31.2 Å². The quantitative estimate of drug-likeness (QED) is 0.774. The Labute approximate surface area is 108 Å². The summed E-state index contributed by atoms with van der Waals surface area (Å²) in [5.41, 5.74) is 1.06. The van der Waals surface area contributed by atoms with Gasteiger partial charge in [0.2, 0.25) is 5.95 Å². The Bertz CT molecular complexity index is 373. The highest BCUT2D eigenvalue weighted by molar-refractivity contribution is 6.29. The van der Waals surface area contributed by atoms with Crippen LogP contribution < -0.4 is 4.90 Å². The number of halogens is 1. The van der Waals surface area contributed by atoms with Gasteiger partial charge in [-0.25, -0.2) is 9.97 Å². The van der Waals surface area contributed by atoms with Gasteiger partial charge >= 0.3 is 0 Å².